The maximum absolute atomic E-state index is 13.5. The molecular weight excluding hydrogens is 404 g/mol. The van der Waals surface area contributed by atoms with E-state index in [2.05, 4.69) is 20.6 Å². The summed E-state index contributed by atoms with van der Waals surface area (Å²) >= 11 is 0. The fourth-order valence-corrected chi connectivity index (χ4v) is 6.42. The fraction of sp³-hybridized carbons (Fsp3) is 0.650. The number of aromatic amines is 1. The van der Waals surface area contributed by atoms with E-state index in [0.29, 0.717) is 36.6 Å². The minimum Gasteiger partial charge on any atom is -0.348 e. The highest BCUT2D eigenvalue weighted by atomic mass is 32.2. The zero-order valence-electron chi connectivity index (χ0n) is 17.6. The topological polar surface area (TPSA) is 113 Å². The second kappa shape index (κ2) is 8.50. The first-order chi connectivity index (χ1) is 14.4. The molecule has 1 atom stereocenters. The molecule has 3 heterocycles. The Morgan fingerprint density at radius 2 is 1.97 bits per heavy atom. The third-order valence-electron chi connectivity index (χ3n) is 6.28. The third-order valence-corrected chi connectivity index (χ3v) is 8.29. The Morgan fingerprint density at radius 3 is 2.67 bits per heavy atom. The van der Waals surface area contributed by atoms with Crippen molar-refractivity contribution in [3.8, 4) is 0 Å². The number of nitrogens with zero attached hydrogens (tertiary/aromatic N) is 4. The van der Waals surface area contributed by atoms with Gasteiger partial charge in [0, 0.05) is 19.1 Å². The molecule has 10 heteroatoms. The number of aromatic nitrogens is 4. The second-order valence-corrected chi connectivity index (χ2v) is 10.1. The minimum atomic E-state index is -3.71. The van der Waals surface area contributed by atoms with E-state index in [1.807, 2.05) is 6.92 Å². The highest BCUT2D eigenvalue weighted by Crippen LogP contribution is 2.35. The molecule has 30 heavy (non-hydrogen) atoms. The number of carbonyl (C=O) groups excluding carboxylic acids is 1. The van der Waals surface area contributed by atoms with Gasteiger partial charge in [-0.1, -0.05) is 19.3 Å². The summed E-state index contributed by atoms with van der Waals surface area (Å²) in [6.45, 7) is 4.77. The van der Waals surface area contributed by atoms with Crippen molar-refractivity contribution in [3.63, 3.8) is 0 Å². The molecule has 2 aromatic heterocycles. The maximum Gasteiger partial charge on any atom is 0.271 e. The van der Waals surface area contributed by atoms with Crippen LogP contribution in [0.1, 0.15) is 79.8 Å². The van der Waals surface area contributed by atoms with Gasteiger partial charge in [-0.3, -0.25) is 14.6 Å². The number of amides is 1. The SMILES string of the molecule is CCn1ncc(S(=O)(=O)N2CCCCC2c2cc(C(=O)NC3CCCC3)n[nH]2)c1C. The van der Waals surface area contributed by atoms with Gasteiger partial charge in [-0.25, -0.2) is 8.42 Å². The molecule has 2 N–H and O–H groups in total. The van der Waals surface area contributed by atoms with Crippen molar-refractivity contribution in [1.29, 1.82) is 0 Å². The molecule has 1 aliphatic heterocycles. The average Bonchev–Trinajstić information content (AvgIpc) is 3.49. The lowest BCUT2D eigenvalue weighted by Crippen LogP contribution is -2.38. The van der Waals surface area contributed by atoms with E-state index in [4.69, 9.17) is 0 Å². The van der Waals surface area contributed by atoms with Crippen LogP contribution in [0.3, 0.4) is 0 Å². The number of rotatable bonds is 6. The van der Waals surface area contributed by atoms with E-state index < -0.39 is 10.0 Å². The zero-order valence-corrected chi connectivity index (χ0v) is 18.4. The molecule has 4 rings (SSSR count). The summed E-state index contributed by atoms with van der Waals surface area (Å²) in [7, 11) is -3.71. The molecule has 1 saturated heterocycles. The number of carbonyl (C=O) groups is 1. The van der Waals surface area contributed by atoms with Gasteiger partial charge in [-0.2, -0.15) is 14.5 Å². The molecular formula is C20H30N6O3S. The maximum atomic E-state index is 13.5. The number of nitrogens with one attached hydrogen (secondary N) is 2. The summed E-state index contributed by atoms with van der Waals surface area (Å²) < 4.78 is 30.1. The van der Waals surface area contributed by atoms with E-state index in [0.717, 1.165) is 38.5 Å². The summed E-state index contributed by atoms with van der Waals surface area (Å²) in [4.78, 5) is 12.8. The lowest BCUT2D eigenvalue weighted by molar-refractivity contribution is 0.0932. The molecule has 9 nitrogen and oxygen atoms in total. The van der Waals surface area contributed by atoms with Crippen LogP contribution < -0.4 is 5.32 Å². The van der Waals surface area contributed by atoms with Crippen LogP contribution in [0.2, 0.25) is 0 Å². The third kappa shape index (κ3) is 3.90. The normalized spacial score (nSPS) is 21.2. The smallest absolute Gasteiger partial charge is 0.271 e. The molecule has 2 aromatic rings. The molecule has 2 fully saturated rings. The van der Waals surface area contributed by atoms with E-state index in [1.165, 1.54) is 10.5 Å². The van der Waals surface area contributed by atoms with Crippen molar-refractivity contribution in [2.75, 3.05) is 6.54 Å². The summed E-state index contributed by atoms with van der Waals surface area (Å²) in [6.07, 6.45) is 8.13. The highest BCUT2D eigenvalue weighted by Gasteiger charge is 2.37. The van der Waals surface area contributed by atoms with Gasteiger partial charge in [0.25, 0.3) is 5.91 Å². The van der Waals surface area contributed by atoms with Crippen molar-refractivity contribution in [3.05, 3.63) is 29.3 Å². The first-order valence-electron chi connectivity index (χ1n) is 10.8. The summed E-state index contributed by atoms with van der Waals surface area (Å²) in [5, 5.41) is 14.3. The quantitative estimate of drug-likeness (QED) is 0.725. The van der Waals surface area contributed by atoms with Gasteiger partial charge >= 0.3 is 0 Å². The van der Waals surface area contributed by atoms with E-state index >= 15 is 0 Å². The first-order valence-corrected chi connectivity index (χ1v) is 12.3. The molecule has 0 bridgehead atoms. The molecule has 0 spiro atoms. The van der Waals surface area contributed by atoms with Gasteiger partial charge in [-0.05, 0) is 45.6 Å². The summed E-state index contributed by atoms with van der Waals surface area (Å²) in [5.74, 6) is -0.199. The van der Waals surface area contributed by atoms with E-state index in [-0.39, 0.29) is 22.9 Å². The second-order valence-electron chi connectivity index (χ2n) is 8.20. The number of H-pyrrole nitrogens is 1. The van der Waals surface area contributed by atoms with Gasteiger partial charge in [0.15, 0.2) is 0 Å². The lowest BCUT2D eigenvalue weighted by atomic mass is 10.0. The Labute approximate surface area is 177 Å². The van der Waals surface area contributed by atoms with Crippen LogP contribution in [0.5, 0.6) is 0 Å². The van der Waals surface area contributed by atoms with Crippen molar-refractivity contribution in [1.82, 2.24) is 29.6 Å². The van der Waals surface area contributed by atoms with Crippen molar-refractivity contribution < 1.29 is 13.2 Å². The van der Waals surface area contributed by atoms with Gasteiger partial charge in [-0.15, -0.1) is 0 Å². The Hall–Kier alpha value is -2.20. The molecule has 0 radical (unpaired) electrons. The largest absolute Gasteiger partial charge is 0.348 e. The van der Waals surface area contributed by atoms with Crippen LogP contribution in [-0.4, -0.2) is 51.2 Å². The minimum absolute atomic E-state index is 0.199. The number of sulfonamides is 1. The summed E-state index contributed by atoms with van der Waals surface area (Å²) in [6, 6.07) is 1.54. The molecule has 1 unspecified atom stereocenters. The van der Waals surface area contributed by atoms with Crippen molar-refractivity contribution >= 4 is 15.9 Å². The number of hydrogen-bond donors (Lipinski definition) is 2. The number of aryl methyl sites for hydroxylation is 1. The predicted octanol–water partition coefficient (Wildman–Crippen LogP) is 2.52. The van der Waals surface area contributed by atoms with Crippen LogP contribution in [0.4, 0.5) is 0 Å². The molecule has 164 valence electrons. The zero-order chi connectivity index (χ0) is 21.3. The van der Waals surface area contributed by atoms with Gasteiger partial charge in [0.05, 0.1) is 23.6 Å². The van der Waals surface area contributed by atoms with E-state index in [9.17, 15) is 13.2 Å². The molecule has 1 aliphatic carbocycles. The van der Waals surface area contributed by atoms with Gasteiger partial charge < -0.3 is 5.32 Å². The number of piperidine rings is 1. The molecule has 0 aromatic carbocycles. The van der Waals surface area contributed by atoms with E-state index in [1.54, 1.807) is 17.7 Å². The van der Waals surface area contributed by atoms with Crippen molar-refractivity contribution in [2.45, 2.75) is 82.3 Å². The van der Waals surface area contributed by atoms with Crippen molar-refractivity contribution in [2.24, 2.45) is 0 Å². The highest BCUT2D eigenvalue weighted by molar-refractivity contribution is 7.89. The Kier molecular flexibility index (Phi) is 5.97. The Balaban J connectivity index is 1.57. The molecule has 1 saturated carbocycles. The van der Waals surface area contributed by atoms with Crippen LogP contribution in [0.15, 0.2) is 17.2 Å². The van der Waals surface area contributed by atoms with Crippen LogP contribution >= 0.6 is 0 Å². The average molecular weight is 435 g/mol. The lowest BCUT2D eigenvalue weighted by Gasteiger charge is -2.33. The Bertz CT molecular complexity index is 1010. The Morgan fingerprint density at radius 1 is 1.23 bits per heavy atom. The predicted molar refractivity (Wildman–Crippen MR) is 111 cm³/mol. The van der Waals surface area contributed by atoms with Crippen LogP contribution in [-0.2, 0) is 16.6 Å². The number of hydrogen-bond acceptors (Lipinski definition) is 5. The molecule has 1 amide bonds. The monoisotopic (exact) mass is 434 g/mol. The fourth-order valence-electron chi connectivity index (χ4n) is 4.58. The first kappa shape index (κ1) is 21.0. The summed E-state index contributed by atoms with van der Waals surface area (Å²) in [5.41, 5.74) is 1.62. The van der Waals surface area contributed by atoms with Gasteiger partial charge in [0.2, 0.25) is 10.0 Å². The van der Waals surface area contributed by atoms with Crippen LogP contribution in [0.25, 0.3) is 0 Å². The standard InChI is InChI=1S/C20H30N6O3S/c1-3-25-14(2)19(13-21-25)30(28,29)26-11-7-6-10-18(26)16-12-17(24-23-16)20(27)22-15-8-4-5-9-15/h12-13,15,18H,3-11H2,1-2H3,(H,22,27)(H,23,24). The molecule has 2 aliphatic rings. The van der Waals surface area contributed by atoms with Gasteiger partial charge in [0.1, 0.15) is 10.6 Å². The van der Waals surface area contributed by atoms with Crippen LogP contribution in [0, 0.1) is 6.92 Å².